The SMILES string of the molecule is CC(Cc1ccc(NC(=O)[C@@H](C)NCCc2cccc(Cl)c2)cc1)NCCc1cccc(Cl)c1. The van der Waals surface area contributed by atoms with Crippen molar-refractivity contribution < 1.29 is 4.79 Å². The normalized spacial score (nSPS) is 12.8. The number of carbonyl (C=O) groups excluding carboxylic acids is 1. The van der Waals surface area contributed by atoms with E-state index in [1.54, 1.807) is 0 Å². The van der Waals surface area contributed by atoms with E-state index < -0.39 is 0 Å². The van der Waals surface area contributed by atoms with E-state index in [0.29, 0.717) is 12.6 Å². The Bertz CT molecular complexity index is 1060. The Morgan fingerprint density at radius 3 is 1.88 bits per heavy atom. The first-order valence-corrected chi connectivity index (χ1v) is 12.5. The first-order chi connectivity index (χ1) is 16.4. The van der Waals surface area contributed by atoms with Crippen molar-refractivity contribution in [1.82, 2.24) is 10.6 Å². The number of amides is 1. The molecule has 0 bridgehead atoms. The Hall–Kier alpha value is -2.37. The summed E-state index contributed by atoms with van der Waals surface area (Å²) < 4.78 is 0. The summed E-state index contributed by atoms with van der Waals surface area (Å²) in [6.07, 6.45) is 2.69. The average molecular weight is 498 g/mol. The predicted molar refractivity (Wildman–Crippen MR) is 144 cm³/mol. The molecule has 34 heavy (non-hydrogen) atoms. The molecule has 0 spiro atoms. The van der Waals surface area contributed by atoms with Gasteiger partial charge in [-0.2, -0.15) is 0 Å². The molecular weight excluding hydrogens is 465 g/mol. The highest BCUT2D eigenvalue weighted by Crippen LogP contribution is 2.14. The molecule has 0 aliphatic heterocycles. The van der Waals surface area contributed by atoms with Crippen LogP contribution < -0.4 is 16.0 Å². The van der Waals surface area contributed by atoms with Gasteiger partial charge in [-0.25, -0.2) is 0 Å². The number of anilines is 1. The first-order valence-electron chi connectivity index (χ1n) is 11.7. The van der Waals surface area contributed by atoms with E-state index in [1.165, 1.54) is 11.1 Å². The Morgan fingerprint density at radius 1 is 0.765 bits per heavy atom. The van der Waals surface area contributed by atoms with Crippen LogP contribution in [0.15, 0.2) is 72.8 Å². The van der Waals surface area contributed by atoms with Crippen LogP contribution in [0.3, 0.4) is 0 Å². The molecule has 0 radical (unpaired) electrons. The van der Waals surface area contributed by atoms with E-state index in [4.69, 9.17) is 23.2 Å². The predicted octanol–water partition coefficient (Wildman–Crippen LogP) is 5.92. The summed E-state index contributed by atoms with van der Waals surface area (Å²) in [6, 6.07) is 23.9. The Morgan fingerprint density at radius 2 is 1.32 bits per heavy atom. The lowest BCUT2D eigenvalue weighted by molar-refractivity contribution is -0.117. The zero-order valence-corrected chi connectivity index (χ0v) is 21.3. The van der Waals surface area contributed by atoms with E-state index >= 15 is 0 Å². The molecule has 0 aliphatic rings. The largest absolute Gasteiger partial charge is 0.325 e. The topological polar surface area (TPSA) is 53.2 Å². The number of carbonyl (C=O) groups is 1. The second kappa shape index (κ2) is 13.5. The molecule has 4 nitrogen and oxygen atoms in total. The summed E-state index contributed by atoms with van der Waals surface area (Å²) in [7, 11) is 0. The lowest BCUT2D eigenvalue weighted by atomic mass is 10.1. The molecule has 2 atom stereocenters. The summed E-state index contributed by atoms with van der Waals surface area (Å²) in [5.74, 6) is -0.0464. The number of halogens is 2. The molecular formula is C28H33Cl2N3O. The van der Waals surface area contributed by atoms with Crippen LogP contribution in [0.1, 0.15) is 30.5 Å². The molecule has 0 fully saturated rings. The van der Waals surface area contributed by atoms with Gasteiger partial charge < -0.3 is 16.0 Å². The fourth-order valence-corrected chi connectivity index (χ4v) is 4.20. The quantitative estimate of drug-likeness (QED) is 0.291. The van der Waals surface area contributed by atoms with Crippen LogP contribution in [0.25, 0.3) is 0 Å². The molecule has 1 amide bonds. The van der Waals surface area contributed by atoms with Crippen molar-refractivity contribution >= 4 is 34.8 Å². The number of hydrogen-bond donors (Lipinski definition) is 3. The third-order valence-corrected chi connectivity index (χ3v) is 6.18. The van der Waals surface area contributed by atoms with Crippen LogP contribution in [-0.2, 0) is 24.1 Å². The fraction of sp³-hybridized carbons (Fsp3) is 0.321. The maximum Gasteiger partial charge on any atom is 0.241 e. The highest BCUT2D eigenvalue weighted by Gasteiger charge is 2.12. The number of benzene rings is 3. The van der Waals surface area contributed by atoms with Gasteiger partial charge in [-0.3, -0.25) is 4.79 Å². The van der Waals surface area contributed by atoms with Gasteiger partial charge in [-0.1, -0.05) is 59.6 Å². The third kappa shape index (κ3) is 9.11. The summed E-state index contributed by atoms with van der Waals surface area (Å²) in [6.45, 7) is 5.66. The lowest BCUT2D eigenvalue weighted by Crippen LogP contribution is -2.39. The minimum Gasteiger partial charge on any atom is -0.325 e. The molecule has 0 saturated heterocycles. The first kappa shape index (κ1) is 26.2. The zero-order valence-electron chi connectivity index (χ0n) is 19.8. The van der Waals surface area contributed by atoms with Crippen molar-refractivity contribution in [3.8, 4) is 0 Å². The van der Waals surface area contributed by atoms with E-state index in [0.717, 1.165) is 47.1 Å². The van der Waals surface area contributed by atoms with E-state index in [-0.39, 0.29) is 11.9 Å². The molecule has 180 valence electrons. The van der Waals surface area contributed by atoms with Crippen molar-refractivity contribution in [2.45, 2.75) is 45.2 Å². The van der Waals surface area contributed by atoms with Crippen LogP contribution in [0.4, 0.5) is 5.69 Å². The second-order valence-corrected chi connectivity index (χ2v) is 9.55. The average Bonchev–Trinajstić information content (AvgIpc) is 2.80. The van der Waals surface area contributed by atoms with Crippen LogP contribution in [0, 0.1) is 0 Å². The Labute approximate surface area is 213 Å². The third-order valence-electron chi connectivity index (χ3n) is 5.71. The van der Waals surface area contributed by atoms with E-state index in [9.17, 15) is 4.79 Å². The van der Waals surface area contributed by atoms with Crippen LogP contribution in [0.2, 0.25) is 10.0 Å². The van der Waals surface area contributed by atoms with Gasteiger partial charge in [0.05, 0.1) is 6.04 Å². The highest BCUT2D eigenvalue weighted by molar-refractivity contribution is 6.30. The molecule has 0 aromatic heterocycles. The van der Waals surface area contributed by atoms with Crippen molar-refractivity contribution in [3.63, 3.8) is 0 Å². The molecule has 1 unspecified atom stereocenters. The Kier molecular flexibility index (Phi) is 10.4. The van der Waals surface area contributed by atoms with E-state index in [2.05, 4.69) is 41.1 Å². The van der Waals surface area contributed by atoms with Gasteiger partial charge in [0.2, 0.25) is 5.91 Å². The number of rotatable bonds is 12. The van der Waals surface area contributed by atoms with Crippen LogP contribution in [-0.4, -0.2) is 31.1 Å². The highest BCUT2D eigenvalue weighted by atomic mass is 35.5. The molecule has 0 heterocycles. The number of hydrogen-bond acceptors (Lipinski definition) is 3. The molecule has 3 rings (SSSR count). The standard InChI is InChI=1S/C28H33Cl2N3O/c1-20(31-15-13-22-5-3-7-25(29)18-22)17-24-9-11-27(12-10-24)33-28(34)21(2)32-16-14-23-6-4-8-26(30)19-23/h3-12,18-21,31-32H,13-17H2,1-2H3,(H,33,34)/t20?,21-/m1/s1. The maximum absolute atomic E-state index is 12.5. The van der Waals surface area contributed by atoms with Gasteiger partial charge in [-0.15, -0.1) is 0 Å². The van der Waals surface area contributed by atoms with Crippen molar-refractivity contribution in [2.24, 2.45) is 0 Å². The van der Waals surface area contributed by atoms with Crippen LogP contribution in [0.5, 0.6) is 0 Å². The minimum absolute atomic E-state index is 0.0464. The van der Waals surface area contributed by atoms with Gasteiger partial charge in [0.15, 0.2) is 0 Å². The molecule has 3 aromatic carbocycles. The zero-order chi connectivity index (χ0) is 24.3. The monoisotopic (exact) mass is 497 g/mol. The minimum atomic E-state index is -0.289. The summed E-state index contributed by atoms with van der Waals surface area (Å²) in [5, 5.41) is 11.3. The number of nitrogens with one attached hydrogen (secondary N) is 3. The molecule has 6 heteroatoms. The van der Waals surface area contributed by atoms with Crippen molar-refractivity contribution in [1.29, 1.82) is 0 Å². The molecule has 0 saturated carbocycles. The van der Waals surface area contributed by atoms with Gasteiger partial charge >= 0.3 is 0 Å². The molecule has 3 N–H and O–H groups in total. The van der Waals surface area contributed by atoms with Crippen molar-refractivity contribution in [3.05, 3.63) is 99.5 Å². The summed E-state index contributed by atoms with van der Waals surface area (Å²) in [4.78, 5) is 12.5. The molecule has 0 aliphatic carbocycles. The Balaban J connectivity index is 1.37. The fourth-order valence-electron chi connectivity index (χ4n) is 3.77. The second-order valence-electron chi connectivity index (χ2n) is 8.68. The van der Waals surface area contributed by atoms with Gasteiger partial charge in [0.25, 0.3) is 0 Å². The van der Waals surface area contributed by atoms with Gasteiger partial charge in [0, 0.05) is 21.8 Å². The van der Waals surface area contributed by atoms with E-state index in [1.807, 2.05) is 61.5 Å². The smallest absolute Gasteiger partial charge is 0.241 e. The van der Waals surface area contributed by atoms with Gasteiger partial charge in [0.1, 0.15) is 0 Å². The molecule has 3 aromatic rings. The maximum atomic E-state index is 12.5. The van der Waals surface area contributed by atoms with Crippen LogP contribution >= 0.6 is 23.2 Å². The van der Waals surface area contributed by atoms with Gasteiger partial charge in [-0.05, 0) is 99.3 Å². The summed E-state index contributed by atoms with van der Waals surface area (Å²) in [5.41, 5.74) is 4.42. The summed E-state index contributed by atoms with van der Waals surface area (Å²) >= 11 is 12.1. The van der Waals surface area contributed by atoms with Crippen molar-refractivity contribution in [2.75, 3.05) is 18.4 Å². The lowest BCUT2D eigenvalue weighted by Gasteiger charge is -2.16.